The van der Waals surface area contributed by atoms with Crippen LogP contribution in [0.2, 0.25) is 0 Å². The highest BCUT2D eigenvalue weighted by molar-refractivity contribution is 7.85. The summed E-state index contributed by atoms with van der Waals surface area (Å²) in [6.45, 7) is 3.35. The molecule has 1 aliphatic rings. The lowest BCUT2D eigenvalue weighted by atomic mass is 9.98. The highest BCUT2D eigenvalue weighted by atomic mass is 32.2. The number of amides is 1. The lowest BCUT2D eigenvalue weighted by Crippen LogP contribution is -2.29. The minimum atomic E-state index is -3.67. The van der Waals surface area contributed by atoms with Crippen LogP contribution >= 0.6 is 0 Å². The van der Waals surface area contributed by atoms with Crippen LogP contribution < -0.4 is 15.2 Å². The molecule has 1 unspecified atom stereocenters. The molecule has 11 nitrogen and oxygen atoms in total. The van der Waals surface area contributed by atoms with Crippen molar-refractivity contribution in [2.24, 2.45) is 5.73 Å². The summed E-state index contributed by atoms with van der Waals surface area (Å²) < 4.78 is 37.6. The van der Waals surface area contributed by atoms with Crippen molar-refractivity contribution in [3.05, 3.63) is 35.8 Å². The molecule has 0 saturated carbocycles. The first-order valence-electron chi connectivity index (χ1n) is 10.6. The van der Waals surface area contributed by atoms with Gasteiger partial charge in [-0.15, -0.1) is 0 Å². The van der Waals surface area contributed by atoms with Crippen LogP contribution in [0, 0.1) is 0 Å². The van der Waals surface area contributed by atoms with Crippen LogP contribution in [0.1, 0.15) is 29.3 Å². The Morgan fingerprint density at radius 3 is 2.71 bits per heavy atom. The van der Waals surface area contributed by atoms with Crippen molar-refractivity contribution in [2.75, 3.05) is 33.5 Å². The van der Waals surface area contributed by atoms with Gasteiger partial charge in [-0.3, -0.25) is 9.35 Å². The molecule has 1 atom stereocenters. The SMILES string of the molecule is CC(CN(C)C)Oc1cc(-c2cnc3c(c2)CCCO3)c2nc[nH]c2c1C(N)=O.CS(=O)(=O)O. The van der Waals surface area contributed by atoms with Crippen LogP contribution in [0.25, 0.3) is 22.2 Å². The summed E-state index contributed by atoms with van der Waals surface area (Å²) in [7, 11) is 0.276. The number of carbonyl (C=O) groups is 1. The van der Waals surface area contributed by atoms with Crippen molar-refractivity contribution in [3.8, 4) is 22.8 Å². The summed E-state index contributed by atoms with van der Waals surface area (Å²) in [4.78, 5) is 26.2. The van der Waals surface area contributed by atoms with Crippen LogP contribution in [0.15, 0.2) is 24.7 Å². The first-order chi connectivity index (χ1) is 15.9. The number of nitrogens with one attached hydrogen (secondary N) is 1. The van der Waals surface area contributed by atoms with Gasteiger partial charge in [0.05, 0.1) is 30.2 Å². The summed E-state index contributed by atoms with van der Waals surface area (Å²) in [5.41, 5.74) is 10.0. The Hall–Kier alpha value is -3.22. The Bertz CT molecular complexity index is 1280. The summed E-state index contributed by atoms with van der Waals surface area (Å²) >= 11 is 0. The van der Waals surface area contributed by atoms with Gasteiger partial charge in [-0.1, -0.05) is 0 Å². The summed E-state index contributed by atoms with van der Waals surface area (Å²) in [6.07, 6.45) is 5.79. The van der Waals surface area contributed by atoms with Gasteiger partial charge < -0.3 is 25.1 Å². The highest BCUT2D eigenvalue weighted by Gasteiger charge is 2.23. The van der Waals surface area contributed by atoms with Crippen LogP contribution in [0.3, 0.4) is 0 Å². The molecular weight excluding hydrogens is 462 g/mol. The number of primary amides is 1. The van der Waals surface area contributed by atoms with E-state index in [0.717, 1.165) is 29.5 Å². The van der Waals surface area contributed by atoms with Gasteiger partial charge in [0.2, 0.25) is 5.88 Å². The number of ether oxygens (including phenoxy) is 2. The molecule has 0 aliphatic carbocycles. The Balaban J connectivity index is 0.000000588. The average Bonchev–Trinajstić information content (AvgIpc) is 3.20. The number of pyridine rings is 1. The van der Waals surface area contributed by atoms with E-state index in [-0.39, 0.29) is 6.10 Å². The second-order valence-corrected chi connectivity index (χ2v) is 9.82. The molecule has 34 heavy (non-hydrogen) atoms. The molecule has 0 bridgehead atoms. The van der Waals surface area contributed by atoms with Crippen molar-refractivity contribution >= 4 is 27.1 Å². The molecule has 12 heteroatoms. The van der Waals surface area contributed by atoms with Crippen LogP contribution in [0.4, 0.5) is 0 Å². The number of H-pyrrole nitrogens is 1. The molecule has 3 heterocycles. The average molecular weight is 492 g/mol. The summed E-state index contributed by atoms with van der Waals surface area (Å²) in [5, 5.41) is 0. The quantitative estimate of drug-likeness (QED) is 0.437. The molecule has 0 saturated heterocycles. The zero-order valence-corrected chi connectivity index (χ0v) is 20.3. The first-order valence-corrected chi connectivity index (χ1v) is 12.4. The third kappa shape index (κ3) is 6.43. The number of benzene rings is 1. The number of aryl methyl sites for hydroxylation is 1. The number of fused-ring (bicyclic) bond motifs is 2. The molecule has 2 aromatic heterocycles. The topological polar surface area (TPSA) is 161 Å². The molecule has 3 aromatic rings. The maximum atomic E-state index is 12.2. The molecule has 0 spiro atoms. The Morgan fingerprint density at radius 2 is 2.06 bits per heavy atom. The maximum absolute atomic E-state index is 12.2. The van der Waals surface area contributed by atoms with Crippen molar-refractivity contribution < 1.29 is 27.2 Å². The van der Waals surface area contributed by atoms with Crippen LogP contribution in [0.5, 0.6) is 11.6 Å². The van der Waals surface area contributed by atoms with Crippen molar-refractivity contribution in [1.82, 2.24) is 19.9 Å². The van der Waals surface area contributed by atoms with Crippen molar-refractivity contribution in [3.63, 3.8) is 0 Å². The van der Waals surface area contributed by atoms with Gasteiger partial charge in [-0.05, 0) is 46.0 Å². The molecule has 1 aromatic carbocycles. The Kier molecular flexibility index (Phi) is 7.75. The molecule has 0 fully saturated rings. The molecular formula is C22H29N5O6S. The first kappa shape index (κ1) is 25.4. The van der Waals surface area contributed by atoms with E-state index in [1.807, 2.05) is 32.0 Å². The van der Waals surface area contributed by atoms with E-state index in [1.54, 1.807) is 12.5 Å². The summed E-state index contributed by atoms with van der Waals surface area (Å²) in [6, 6.07) is 3.91. The number of nitrogens with zero attached hydrogens (tertiary/aromatic N) is 3. The summed E-state index contributed by atoms with van der Waals surface area (Å²) in [5.74, 6) is 0.561. The fraction of sp³-hybridized carbons (Fsp3) is 0.409. The van der Waals surface area contributed by atoms with Gasteiger partial charge in [0.1, 0.15) is 17.4 Å². The number of nitrogens with two attached hydrogens (primary N) is 1. The molecule has 4 rings (SSSR count). The molecule has 1 amide bonds. The maximum Gasteiger partial charge on any atom is 0.261 e. The minimum Gasteiger partial charge on any atom is -0.488 e. The van der Waals surface area contributed by atoms with Crippen molar-refractivity contribution in [1.29, 1.82) is 0 Å². The van der Waals surface area contributed by atoms with E-state index < -0.39 is 16.0 Å². The Morgan fingerprint density at radius 1 is 1.35 bits per heavy atom. The van der Waals surface area contributed by atoms with E-state index in [2.05, 4.69) is 21.0 Å². The molecule has 1 aliphatic heterocycles. The largest absolute Gasteiger partial charge is 0.488 e. The number of hydrogen-bond donors (Lipinski definition) is 3. The Labute approximate surface area is 198 Å². The minimum absolute atomic E-state index is 0.133. The fourth-order valence-corrected chi connectivity index (χ4v) is 3.80. The molecule has 184 valence electrons. The van der Waals surface area contributed by atoms with E-state index in [4.69, 9.17) is 19.8 Å². The smallest absolute Gasteiger partial charge is 0.261 e. The number of aromatic nitrogens is 3. The number of carbonyl (C=O) groups excluding carboxylic acids is 1. The van der Waals surface area contributed by atoms with Crippen molar-refractivity contribution in [2.45, 2.75) is 25.9 Å². The van der Waals surface area contributed by atoms with Gasteiger partial charge in [-0.25, -0.2) is 9.97 Å². The predicted molar refractivity (Wildman–Crippen MR) is 128 cm³/mol. The van der Waals surface area contributed by atoms with Gasteiger partial charge >= 0.3 is 0 Å². The zero-order chi connectivity index (χ0) is 25.0. The van der Waals surface area contributed by atoms with E-state index in [0.29, 0.717) is 47.6 Å². The predicted octanol–water partition coefficient (Wildman–Crippen LogP) is 1.88. The highest BCUT2D eigenvalue weighted by Crippen LogP contribution is 2.37. The number of aromatic amines is 1. The van der Waals surface area contributed by atoms with Gasteiger partial charge in [-0.2, -0.15) is 8.42 Å². The molecule has 4 N–H and O–H groups in total. The van der Waals surface area contributed by atoms with Crippen LogP contribution in [-0.2, 0) is 16.5 Å². The lowest BCUT2D eigenvalue weighted by molar-refractivity contribution is 0.0993. The number of rotatable bonds is 6. The normalized spacial score (nSPS) is 14.1. The zero-order valence-electron chi connectivity index (χ0n) is 19.5. The van der Waals surface area contributed by atoms with E-state index in [1.165, 1.54) is 0 Å². The van der Waals surface area contributed by atoms with E-state index >= 15 is 0 Å². The third-order valence-electron chi connectivity index (χ3n) is 4.93. The standard InChI is InChI=1S/C21H25N5O3.CH4O3S/c1-12(10-26(2)3)29-16-8-15(18-19(25-11-24-18)17(16)20(22)27)14-7-13-5-4-6-28-21(13)23-9-14;1-5(2,3)4/h7-9,11-12H,4-6,10H2,1-3H3,(H2,22,27)(H,24,25);1H3,(H,2,3,4). The second-order valence-electron chi connectivity index (χ2n) is 8.35. The lowest BCUT2D eigenvalue weighted by Gasteiger charge is -2.21. The number of hydrogen-bond acceptors (Lipinski definition) is 8. The monoisotopic (exact) mass is 491 g/mol. The number of likely N-dealkylation sites (N-methyl/N-ethyl adjacent to an activating group) is 1. The van der Waals surface area contributed by atoms with E-state index in [9.17, 15) is 13.2 Å². The molecule has 0 radical (unpaired) electrons. The second kappa shape index (κ2) is 10.4. The van der Waals surface area contributed by atoms with Gasteiger partial charge in [0, 0.05) is 29.4 Å². The fourth-order valence-electron chi connectivity index (χ4n) is 3.80. The third-order valence-corrected chi connectivity index (χ3v) is 4.93. The van der Waals surface area contributed by atoms with Crippen LogP contribution in [-0.4, -0.2) is 78.3 Å². The van der Waals surface area contributed by atoms with Gasteiger partial charge in [0.25, 0.3) is 16.0 Å². The van der Waals surface area contributed by atoms with Gasteiger partial charge in [0.15, 0.2) is 0 Å². The number of imidazole rings is 1.